The van der Waals surface area contributed by atoms with Gasteiger partial charge in [-0.15, -0.1) is 0 Å². The molecule has 0 atom stereocenters. The van der Waals surface area contributed by atoms with E-state index in [9.17, 15) is 4.79 Å². The lowest BCUT2D eigenvalue weighted by Crippen LogP contribution is -2.24. The van der Waals surface area contributed by atoms with Gasteiger partial charge in [-0.05, 0) is 18.6 Å². The molecule has 82 valence electrons. The highest BCUT2D eigenvalue weighted by molar-refractivity contribution is 5.90. The minimum absolute atomic E-state index is 0.208. The van der Waals surface area contributed by atoms with Crippen LogP contribution < -0.4 is 5.32 Å². The molecule has 0 aliphatic heterocycles. The molecule has 2 N–H and O–H groups in total. The molecular formula is C10H11N5O. The number of hydrogen-bond acceptors (Lipinski definition) is 4. The first-order valence-corrected chi connectivity index (χ1v) is 4.81. The van der Waals surface area contributed by atoms with Crippen molar-refractivity contribution in [2.24, 2.45) is 0 Å². The average molecular weight is 217 g/mol. The minimum Gasteiger partial charge on any atom is -0.345 e. The van der Waals surface area contributed by atoms with Crippen LogP contribution in [-0.2, 0) is 6.54 Å². The van der Waals surface area contributed by atoms with Gasteiger partial charge in [0.2, 0.25) is 5.82 Å². The van der Waals surface area contributed by atoms with Crippen molar-refractivity contribution in [3.05, 3.63) is 41.7 Å². The zero-order valence-electron chi connectivity index (χ0n) is 8.77. The number of H-pyrrole nitrogens is 1. The van der Waals surface area contributed by atoms with Crippen molar-refractivity contribution in [3.8, 4) is 0 Å². The van der Waals surface area contributed by atoms with Gasteiger partial charge in [-0.2, -0.15) is 5.10 Å². The van der Waals surface area contributed by atoms with Crippen molar-refractivity contribution in [1.29, 1.82) is 0 Å². The van der Waals surface area contributed by atoms with E-state index in [1.165, 1.54) is 6.33 Å². The van der Waals surface area contributed by atoms with Crippen LogP contribution in [0.1, 0.15) is 21.9 Å². The molecule has 0 radical (unpaired) electrons. The van der Waals surface area contributed by atoms with Gasteiger partial charge in [0.05, 0.1) is 0 Å². The van der Waals surface area contributed by atoms with Gasteiger partial charge in [0.25, 0.3) is 5.91 Å². The van der Waals surface area contributed by atoms with Crippen molar-refractivity contribution in [2.45, 2.75) is 13.5 Å². The Morgan fingerprint density at radius 2 is 2.31 bits per heavy atom. The second-order valence-electron chi connectivity index (χ2n) is 3.32. The van der Waals surface area contributed by atoms with Gasteiger partial charge in [-0.1, -0.05) is 6.07 Å². The number of carbonyl (C=O) groups excluding carboxylic acids is 1. The number of carbonyl (C=O) groups is 1. The summed E-state index contributed by atoms with van der Waals surface area (Å²) in [5.41, 5.74) is 1.89. The molecule has 2 aromatic heterocycles. The number of aromatic nitrogens is 4. The standard InChI is InChI=1S/C10H11N5O/c1-7-2-3-8(4-11-7)5-12-10(16)9-13-6-14-15-9/h2-4,6H,5H2,1H3,(H,12,16)(H,13,14,15). The van der Waals surface area contributed by atoms with Gasteiger partial charge in [0.15, 0.2) is 0 Å². The maximum absolute atomic E-state index is 11.5. The minimum atomic E-state index is -0.280. The summed E-state index contributed by atoms with van der Waals surface area (Å²) in [6.07, 6.45) is 3.03. The van der Waals surface area contributed by atoms with Crippen molar-refractivity contribution in [3.63, 3.8) is 0 Å². The van der Waals surface area contributed by atoms with Gasteiger partial charge < -0.3 is 5.32 Å². The number of hydrogen-bond donors (Lipinski definition) is 2. The summed E-state index contributed by atoms with van der Waals surface area (Å²) >= 11 is 0. The molecule has 0 aromatic carbocycles. The molecular weight excluding hydrogens is 206 g/mol. The highest BCUT2D eigenvalue weighted by atomic mass is 16.2. The van der Waals surface area contributed by atoms with E-state index in [1.54, 1.807) is 6.20 Å². The van der Waals surface area contributed by atoms with Crippen LogP contribution in [0.5, 0.6) is 0 Å². The summed E-state index contributed by atoms with van der Waals surface area (Å²) < 4.78 is 0. The fourth-order valence-corrected chi connectivity index (χ4v) is 1.18. The van der Waals surface area contributed by atoms with Crippen molar-refractivity contribution >= 4 is 5.91 Å². The molecule has 0 saturated heterocycles. The number of amides is 1. The summed E-state index contributed by atoms with van der Waals surface area (Å²) in [5.74, 6) is -0.0712. The second-order valence-corrected chi connectivity index (χ2v) is 3.32. The lowest BCUT2D eigenvalue weighted by molar-refractivity contribution is 0.0941. The van der Waals surface area contributed by atoms with E-state index in [0.717, 1.165) is 11.3 Å². The van der Waals surface area contributed by atoms with Crippen molar-refractivity contribution in [2.75, 3.05) is 0 Å². The third-order valence-electron chi connectivity index (χ3n) is 2.06. The van der Waals surface area contributed by atoms with Crippen LogP contribution in [0.3, 0.4) is 0 Å². The fraction of sp³-hybridized carbons (Fsp3) is 0.200. The quantitative estimate of drug-likeness (QED) is 0.781. The number of pyridine rings is 1. The first-order chi connectivity index (χ1) is 7.75. The summed E-state index contributed by atoms with van der Waals surface area (Å²) in [6.45, 7) is 2.34. The van der Waals surface area contributed by atoms with E-state index in [0.29, 0.717) is 6.54 Å². The molecule has 0 unspecified atom stereocenters. The molecule has 0 bridgehead atoms. The molecule has 0 spiro atoms. The Kier molecular flexibility index (Phi) is 2.90. The van der Waals surface area contributed by atoms with E-state index >= 15 is 0 Å². The normalized spacial score (nSPS) is 10.1. The largest absolute Gasteiger partial charge is 0.345 e. The molecule has 6 heteroatoms. The Morgan fingerprint density at radius 1 is 1.44 bits per heavy atom. The van der Waals surface area contributed by atoms with Gasteiger partial charge >= 0.3 is 0 Å². The Bertz CT molecular complexity index is 462. The van der Waals surface area contributed by atoms with Gasteiger partial charge in [0.1, 0.15) is 6.33 Å². The highest BCUT2D eigenvalue weighted by Gasteiger charge is 2.07. The molecule has 16 heavy (non-hydrogen) atoms. The van der Waals surface area contributed by atoms with Crippen LogP contribution >= 0.6 is 0 Å². The summed E-state index contributed by atoms with van der Waals surface area (Å²) in [5, 5.41) is 8.80. The molecule has 0 fully saturated rings. The van der Waals surface area contributed by atoms with E-state index in [1.807, 2.05) is 19.1 Å². The molecule has 2 heterocycles. The number of aryl methyl sites for hydroxylation is 1. The smallest absolute Gasteiger partial charge is 0.288 e. The Morgan fingerprint density at radius 3 is 2.94 bits per heavy atom. The van der Waals surface area contributed by atoms with Crippen LogP contribution in [0.2, 0.25) is 0 Å². The van der Waals surface area contributed by atoms with E-state index in [4.69, 9.17) is 0 Å². The zero-order valence-corrected chi connectivity index (χ0v) is 8.77. The predicted octanol–water partition coefficient (Wildman–Crippen LogP) is 0.438. The highest BCUT2D eigenvalue weighted by Crippen LogP contribution is 1.98. The molecule has 0 aliphatic carbocycles. The predicted molar refractivity (Wildman–Crippen MR) is 56.5 cm³/mol. The number of rotatable bonds is 3. The lowest BCUT2D eigenvalue weighted by Gasteiger charge is -2.02. The number of nitrogens with zero attached hydrogens (tertiary/aromatic N) is 3. The third-order valence-corrected chi connectivity index (χ3v) is 2.06. The molecule has 1 amide bonds. The molecule has 6 nitrogen and oxygen atoms in total. The first-order valence-electron chi connectivity index (χ1n) is 4.81. The second kappa shape index (κ2) is 4.52. The van der Waals surface area contributed by atoms with Crippen LogP contribution in [0.25, 0.3) is 0 Å². The summed E-state index contributed by atoms with van der Waals surface area (Å²) in [4.78, 5) is 19.4. The lowest BCUT2D eigenvalue weighted by atomic mass is 10.2. The van der Waals surface area contributed by atoms with Crippen LogP contribution in [-0.4, -0.2) is 26.1 Å². The van der Waals surface area contributed by atoms with E-state index in [2.05, 4.69) is 25.5 Å². The van der Waals surface area contributed by atoms with E-state index < -0.39 is 0 Å². The monoisotopic (exact) mass is 217 g/mol. The SMILES string of the molecule is Cc1ccc(CNC(=O)c2ncn[nH]2)cn1. The topological polar surface area (TPSA) is 83.6 Å². The first kappa shape index (κ1) is 10.3. The van der Waals surface area contributed by atoms with Crippen LogP contribution in [0.15, 0.2) is 24.7 Å². The maximum Gasteiger partial charge on any atom is 0.288 e. The average Bonchev–Trinajstić information content (AvgIpc) is 2.81. The van der Waals surface area contributed by atoms with E-state index in [-0.39, 0.29) is 11.7 Å². The summed E-state index contributed by atoms with van der Waals surface area (Å²) in [6, 6.07) is 3.82. The van der Waals surface area contributed by atoms with Crippen LogP contribution in [0, 0.1) is 6.92 Å². The van der Waals surface area contributed by atoms with Gasteiger partial charge in [-0.3, -0.25) is 14.9 Å². The Balaban J connectivity index is 1.93. The molecule has 0 saturated carbocycles. The van der Waals surface area contributed by atoms with Gasteiger partial charge in [-0.25, -0.2) is 4.98 Å². The Labute approximate surface area is 92.1 Å². The van der Waals surface area contributed by atoms with Crippen molar-refractivity contribution in [1.82, 2.24) is 25.5 Å². The zero-order chi connectivity index (χ0) is 11.4. The van der Waals surface area contributed by atoms with Gasteiger partial charge in [0, 0.05) is 18.4 Å². The Hall–Kier alpha value is -2.24. The molecule has 2 rings (SSSR count). The summed E-state index contributed by atoms with van der Waals surface area (Å²) in [7, 11) is 0. The van der Waals surface area contributed by atoms with Crippen LogP contribution in [0.4, 0.5) is 0 Å². The van der Waals surface area contributed by atoms with Crippen molar-refractivity contribution < 1.29 is 4.79 Å². The number of nitrogens with one attached hydrogen (secondary N) is 2. The third kappa shape index (κ3) is 2.41. The molecule has 2 aromatic rings. The molecule has 0 aliphatic rings. The fourth-order valence-electron chi connectivity index (χ4n) is 1.18. The number of aromatic amines is 1. The maximum atomic E-state index is 11.5.